The molecule has 0 aromatic heterocycles. The smallest absolute Gasteiger partial charge is 0.338 e. The molecule has 0 aliphatic carbocycles. The molecule has 1 aliphatic rings. The van der Waals surface area contributed by atoms with Gasteiger partial charge in [-0.1, -0.05) is 48.0 Å². The summed E-state index contributed by atoms with van der Waals surface area (Å²) in [6.07, 6.45) is 0.533. The molecule has 0 spiro atoms. The van der Waals surface area contributed by atoms with Crippen LogP contribution < -0.4 is 0 Å². The molecule has 2 unspecified atom stereocenters. The predicted octanol–water partition coefficient (Wildman–Crippen LogP) is 4.03. The molecule has 1 saturated heterocycles. The first-order valence-corrected chi connectivity index (χ1v) is 8.73. The molecule has 4 heteroatoms. The second-order valence-corrected chi connectivity index (χ2v) is 6.90. The highest BCUT2D eigenvalue weighted by Crippen LogP contribution is 2.22. The average molecular weight is 344 g/mol. The lowest BCUT2D eigenvalue weighted by Crippen LogP contribution is -2.45. The topological polar surface area (TPSA) is 29.5 Å². The van der Waals surface area contributed by atoms with Gasteiger partial charge in [0.1, 0.15) is 6.10 Å². The summed E-state index contributed by atoms with van der Waals surface area (Å²) in [5, 5.41) is -0.183. The van der Waals surface area contributed by atoms with Crippen molar-refractivity contribution in [1.82, 2.24) is 4.90 Å². The SMILES string of the molecule is Cc1ccc(C(=O)OC2CCN(Cc3ccccc3)CC2Cl)cc1. The normalized spacial score (nSPS) is 21.4. The Morgan fingerprint density at radius 3 is 2.54 bits per heavy atom. The van der Waals surface area contributed by atoms with Gasteiger partial charge in [-0.3, -0.25) is 4.90 Å². The summed E-state index contributed by atoms with van der Waals surface area (Å²) in [4.78, 5) is 14.6. The zero-order valence-electron chi connectivity index (χ0n) is 13.8. The maximum atomic E-state index is 12.2. The fourth-order valence-corrected chi connectivity index (χ4v) is 3.33. The van der Waals surface area contributed by atoms with E-state index in [4.69, 9.17) is 16.3 Å². The minimum Gasteiger partial charge on any atom is -0.457 e. The minimum atomic E-state index is -0.290. The number of benzene rings is 2. The van der Waals surface area contributed by atoms with Gasteiger partial charge in [0.15, 0.2) is 0 Å². The molecule has 1 heterocycles. The summed E-state index contributed by atoms with van der Waals surface area (Å²) in [6, 6.07) is 17.8. The average Bonchev–Trinajstić information content (AvgIpc) is 2.59. The van der Waals surface area contributed by atoms with Crippen LogP contribution in [0.4, 0.5) is 0 Å². The maximum Gasteiger partial charge on any atom is 0.338 e. The van der Waals surface area contributed by atoms with Gasteiger partial charge in [0, 0.05) is 19.6 Å². The van der Waals surface area contributed by atoms with Crippen LogP contribution in [0.15, 0.2) is 54.6 Å². The molecule has 0 amide bonds. The van der Waals surface area contributed by atoms with Crippen LogP contribution in [-0.2, 0) is 11.3 Å². The molecule has 126 valence electrons. The number of alkyl halides is 1. The van der Waals surface area contributed by atoms with E-state index in [1.54, 1.807) is 12.1 Å². The third-order valence-electron chi connectivity index (χ3n) is 4.36. The van der Waals surface area contributed by atoms with Gasteiger partial charge in [0.05, 0.1) is 10.9 Å². The van der Waals surface area contributed by atoms with E-state index in [0.717, 1.165) is 31.6 Å². The lowest BCUT2D eigenvalue weighted by atomic mass is 10.1. The molecule has 2 atom stereocenters. The van der Waals surface area contributed by atoms with Gasteiger partial charge in [-0.25, -0.2) is 4.79 Å². The van der Waals surface area contributed by atoms with Gasteiger partial charge in [-0.15, -0.1) is 11.6 Å². The second kappa shape index (κ2) is 7.82. The number of rotatable bonds is 4. The van der Waals surface area contributed by atoms with Crippen LogP contribution in [0.25, 0.3) is 0 Å². The number of carbonyl (C=O) groups excluding carboxylic acids is 1. The van der Waals surface area contributed by atoms with E-state index in [-0.39, 0.29) is 17.5 Å². The highest BCUT2D eigenvalue weighted by molar-refractivity contribution is 6.21. The molecule has 1 aliphatic heterocycles. The highest BCUT2D eigenvalue weighted by atomic mass is 35.5. The summed E-state index contributed by atoms with van der Waals surface area (Å²) in [6.45, 7) is 4.47. The summed E-state index contributed by atoms with van der Waals surface area (Å²) in [5.74, 6) is -0.290. The number of ether oxygens (including phenoxy) is 1. The lowest BCUT2D eigenvalue weighted by molar-refractivity contribution is 0.0121. The summed E-state index contributed by atoms with van der Waals surface area (Å²) >= 11 is 6.48. The van der Waals surface area contributed by atoms with Crippen LogP contribution in [0.5, 0.6) is 0 Å². The van der Waals surface area contributed by atoms with Crippen LogP contribution in [-0.4, -0.2) is 35.4 Å². The van der Waals surface area contributed by atoms with Crippen molar-refractivity contribution in [3.63, 3.8) is 0 Å². The van der Waals surface area contributed by atoms with Gasteiger partial charge in [-0.05, 0) is 31.0 Å². The monoisotopic (exact) mass is 343 g/mol. The standard InChI is InChI=1S/C20H22ClNO2/c1-15-7-9-17(10-8-15)20(23)24-19-11-12-22(14-18(19)21)13-16-5-3-2-4-6-16/h2-10,18-19H,11-14H2,1H3. The molecule has 3 nitrogen and oxygen atoms in total. The second-order valence-electron chi connectivity index (χ2n) is 6.34. The van der Waals surface area contributed by atoms with Crippen LogP contribution >= 0.6 is 11.6 Å². The third kappa shape index (κ3) is 4.37. The van der Waals surface area contributed by atoms with Crippen molar-refractivity contribution in [2.45, 2.75) is 31.4 Å². The lowest BCUT2D eigenvalue weighted by Gasteiger charge is -2.35. The zero-order valence-corrected chi connectivity index (χ0v) is 14.6. The Kier molecular flexibility index (Phi) is 5.54. The fraction of sp³-hybridized carbons (Fsp3) is 0.350. The van der Waals surface area contributed by atoms with Crippen molar-refractivity contribution in [1.29, 1.82) is 0 Å². The molecule has 3 rings (SSSR count). The van der Waals surface area contributed by atoms with Crippen molar-refractivity contribution in [3.8, 4) is 0 Å². The third-order valence-corrected chi connectivity index (χ3v) is 4.78. The molecule has 24 heavy (non-hydrogen) atoms. The molecule has 0 bridgehead atoms. The van der Waals surface area contributed by atoms with Crippen molar-refractivity contribution < 1.29 is 9.53 Å². The van der Waals surface area contributed by atoms with Gasteiger partial charge < -0.3 is 4.74 Å². The Balaban J connectivity index is 1.54. The summed E-state index contributed by atoms with van der Waals surface area (Å²) in [7, 11) is 0. The molecule has 2 aromatic carbocycles. The molecule has 0 radical (unpaired) electrons. The number of nitrogens with zero attached hydrogens (tertiary/aromatic N) is 1. The number of aryl methyl sites for hydroxylation is 1. The van der Waals surface area contributed by atoms with E-state index in [1.807, 2.05) is 37.3 Å². The maximum absolute atomic E-state index is 12.2. The number of likely N-dealkylation sites (tertiary alicyclic amines) is 1. The Bertz CT molecular complexity index is 672. The predicted molar refractivity (Wildman–Crippen MR) is 96.4 cm³/mol. The van der Waals surface area contributed by atoms with Crippen molar-refractivity contribution in [3.05, 3.63) is 71.3 Å². The van der Waals surface area contributed by atoms with Crippen molar-refractivity contribution >= 4 is 17.6 Å². The Hall–Kier alpha value is -1.84. The van der Waals surface area contributed by atoms with E-state index < -0.39 is 0 Å². The van der Waals surface area contributed by atoms with E-state index in [1.165, 1.54) is 5.56 Å². The molecular formula is C20H22ClNO2. The molecule has 0 saturated carbocycles. The van der Waals surface area contributed by atoms with Crippen molar-refractivity contribution in [2.24, 2.45) is 0 Å². The van der Waals surface area contributed by atoms with Crippen LogP contribution in [0.3, 0.4) is 0 Å². The first-order valence-electron chi connectivity index (χ1n) is 8.30. The number of halogens is 1. The number of hydrogen-bond donors (Lipinski definition) is 0. The molecule has 2 aromatic rings. The van der Waals surface area contributed by atoms with Gasteiger partial charge in [-0.2, -0.15) is 0 Å². The number of carbonyl (C=O) groups is 1. The number of esters is 1. The first-order chi connectivity index (χ1) is 11.6. The van der Waals surface area contributed by atoms with Crippen molar-refractivity contribution in [2.75, 3.05) is 13.1 Å². The first kappa shape index (κ1) is 17.0. The Labute approximate surface area is 148 Å². The van der Waals surface area contributed by atoms with Gasteiger partial charge >= 0.3 is 5.97 Å². The summed E-state index contributed by atoms with van der Waals surface area (Å²) < 4.78 is 5.63. The fourth-order valence-electron chi connectivity index (χ4n) is 2.96. The number of piperidine rings is 1. The zero-order chi connectivity index (χ0) is 16.9. The van der Waals surface area contributed by atoms with E-state index >= 15 is 0 Å². The Morgan fingerprint density at radius 2 is 1.88 bits per heavy atom. The molecular weight excluding hydrogens is 322 g/mol. The van der Waals surface area contributed by atoms with E-state index in [2.05, 4.69) is 17.0 Å². The Morgan fingerprint density at radius 1 is 1.17 bits per heavy atom. The van der Waals surface area contributed by atoms with E-state index in [0.29, 0.717) is 5.56 Å². The van der Waals surface area contributed by atoms with Gasteiger partial charge in [0.2, 0.25) is 0 Å². The van der Waals surface area contributed by atoms with Gasteiger partial charge in [0.25, 0.3) is 0 Å². The highest BCUT2D eigenvalue weighted by Gasteiger charge is 2.30. The quantitative estimate of drug-likeness (QED) is 0.620. The number of hydrogen-bond acceptors (Lipinski definition) is 3. The summed E-state index contributed by atoms with van der Waals surface area (Å²) in [5.41, 5.74) is 2.98. The molecule has 1 fully saturated rings. The largest absolute Gasteiger partial charge is 0.457 e. The minimum absolute atomic E-state index is 0.183. The van der Waals surface area contributed by atoms with Crippen LogP contribution in [0.1, 0.15) is 27.9 Å². The van der Waals surface area contributed by atoms with E-state index in [9.17, 15) is 4.79 Å². The van der Waals surface area contributed by atoms with Crippen LogP contribution in [0, 0.1) is 6.92 Å². The van der Waals surface area contributed by atoms with Crippen LogP contribution in [0.2, 0.25) is 0 Å². The molecule has 0 N–H and O–H groups in total.